The van der Waals surface area contributed by atoms with Crippen LogP contribution in [0.15, 0.2) is 23.4 Å². The summed E-state index contributed by atoms with van der Waals surface area (Å²) >= 11 is 6.19. The minimum absolute atomic E-state index is 0.585. The highest BCUT2D eigenvalue weighted by atomic mass is 32.2. The molecule has 1 aromatic carbocycles. The number of nitrogens with one attached hydrogen (secondary N) is 1. The topological polar surface area (TPSA) is 110 Å². The van der Waals surface area contributed by atoms with Crippen LogP contribution in [0.2, 0.25) is 0 Å². The van der Waals surface area contributed by atoms with E-state index in [1.165, 1.54) is 23.3 Å². The number of fused-ring (bicyclic) bond motifs is 3. The van der Waals surface area contributed by atoms with Crippen molar-refractivity contribution in [2.75, 3.05) is 42.8 Å². The fourth-order valence-electron chi connectivity index (χ4n) is 3.92. The van der Waals surface area contributed by atoms with Gasteiger partial charge in [-0.2, -0.15) is 0 Å². The summed E-state index contributed by atoms with van der Waals surface area (Å²) in [4.78, 5) is 23.9. The average molecular weight is 506 g/mol. The zero-order chi connectivity index (χ0) is 23.4. The van der Waals surface area contributed by atoms with Crippen molar-refractivity contribution in [2.45, 2.75) is 30.6 Å². The molecule has 5 rings (SSSR count). The first-order chi connectivity index (χ1) is 16.0. The number of nitrogens with two attached hydrogens (primary N) is 1. The van der Waals surface area contributed by atoms with Gasteiger partial charge in [-0.15, -0.1) is 24.0 Å². The number of hydrogen-bond donors (Lipinski definition) is 3. The second kappa shape index (κ2) is 10.7. The Morgan fingerprint density at radius 1 is 1.24 bits per heavy atom. The maximum Gasteiger partial charge on any atom is 0.209 e. The number of nitrogen functional groups attached to an aromatic ring is 1. The Bertz CT molecular complexity index is 1170. The first-order valence-corrected chi connectivity index (χ1v) is 13.5. The average Bonchev–Trinajstić information content (AvgIpc) is 3.22. The van der Waals surface area contributed by atoms with E-state index in [0.717, 1.165) is 41.0 Å². The lowest BCUT2D eigenvalue weighted by molar-refractivity contribution is -0.117. The van der Waals surface area contributed by atoms with Gasteiger partial charge >= 0.3 is 0 Å². The van der Waals surface area contributed by atoms with Gasteiger partial charge in [0, 0.05) is 56.9 Å². The Morgan fingerprint density at radius 2 is 2.00 bits per heavy atom. The van der Waals surface area contributed by atoms with Gasteiger partial charge in [-0.1, -0.05) is 0 Å². The van der Waals surface area contributed by atoms with Crippen molar-refractivity contribution < 1.29 is 13.7 Å². The van der Waals surface area contributed by atoms with Gasteiger partial charge < -0.3 is 20.7 Å². The second-order valence-corrected chi connectivity index (χ2v) is 11.1. The highest BCUT2D eigenvalue weighted by Gasteiger charge is 2.20. The second-order valence-electron chi connectivity index (χ2n) is 7.84. The molecule has 1 saturated heterocycles. The number of amides is 1. The first kappa shape index (κ1) is 23.8. The van der Waals surface area contributed by atoms with E-state index in [0.29, 0.717) is 40.9 Å². The predicted molar refractivity (Wildman–Crippen MR) is 138 cm³/mol. The van der Waals surface area contributed by atoms with Gasteiger partial charge in [-0.25, -0.2) is 9.97 Å². The number of anilines is 3. The number of carbonyl (C=O) groups is 1. The van der Waals surface area contributed by atoms with Gasteiger partial charge in [-0.05, 0) is 37.3 Å². The highest BCUT2D eigenvalue weighted by Crippen LogP contribution is 2.40. The van der Waals surface area contributed by atoms with E-state index in [9.17, 15) is 9.00 Å². The number of thiol groups is 1. The van der Waals surface area contributed by atoms with E-state index < -0.39 is 10.8 Å². The van der Waals surface area contributed by atoms with Gasteiger partial charge in [0.2, 0.25) is 6.41 Å². The lowest BCUT2D eigenvalue weighted by atomic mass is 9.97. The Balaban J connectivity index is 0.000000243. The van der Waals surface area contributed by atoms with Crippen LogP contribution in [-0.2, 0) is 28.4 Å². The number of aryl methyl sites for hydroxylation is 2. The van der Waals surface area contributed by atoms with E-state index in [1.54, 1.807) is 35.7 Å². The van der Waals surface area contributed by atoms with Crippen LogP contribution < -0.4 is 15.8 Å². The van der Waals surface area contributed by atoms with Crippen molar-refractivity contribution in [1.82, 2.24) is 14.9 Å². The van der Waals surface area contributed by atoms with E-state index in [4.69, 9.17) is 10.5 Å². The lowest BCUT2D eigenvalue weighted by Crippen LogP contribution is -2.36. The van der Waals surface area contributed by atoms with Crippen LogP contribution in [0.3, 0.4) is 0 Å². The molecule has 3 aromatic rings. The van der Waals surface area contributed by atoms with Crippen LogP contribution in [0.4, 0.5) is 17.2 Å². The molecule has 0 bridgehead atoms. The van der Waals surface area contributed by atoms with Crippen LogP contribution in [0.5, 0.6) is 5.75 Å². The molecule has 0 unspecified atom stereocenters. The number of hydrogen-bond acceptors (Lipinski definition) is 9. The summed E-state index contributed by atoms with van der Waals surface area (Å²) in [6, 6.07) is 3.64. The summed E-state index contributed by atoms with van der Waals surface area (Å²) in [6.07, 6.45) is 7.13. The summed E-state index contributed by atoms with van der Waals surface area (Å²) in [6.45, 7) is 1.33. The number of methoxy groups -OCH3 is 1. The largest absolute Gasteiger partial charge is 0.494 e. The van der Waals surface area contributed by atoms with Gasteiger partial charge in [0.25, 0.3) is 0 Å². The van der Waals surface area contributed by atoms with Crippen molar-refractivity contribution >= 4 is 68.6 Å². The van der Waals surface area contributed by atoms with Crippen LogP contribution >= 0.6 is 24.0 Å². The first-order valence-electron chi connectivity index (χ1n) is 10.7. The number of benzene rings is 1. The van der Waals surface area contributed by atoms with E-state index in [-0.39, 0.29) is 0 Å². The van der Waals surface area contributed by atoms with E-state index >= 15 is 0 Å². The van der Waals surface area contributed by atoms with Crippen LogP contribution in [0.25, 0.3) is 10.2 Å². The Labute approximate surface area is 204 Å². The van der Waals surface area contributed by atoms with Crippen LogP contribution in [0.1, 0.15) is 23.3 Å². The Morgan fingerprint density at radius 3 is 2.73 bits per heavy atom. The Kier molecular flexibility index (Phi) is 7.71. The number of rotatable bonds is 4. The standard InChI is InChI=1S/C17H18N4OS2.C5H9NO2S/c1-22-12-6-10(18)13(23)7-11(12)21-16-15-9-4-2-3-5-14(9)24-17(15)20-8-19-16;7-5-6-1-3-9(8)4-2-6/h6-8,23H,2-5,18H2,1H3,(H,19,20,21);5H,1-4H2. The summed E-state index contributed by atoms with van der Waals surface area (Å²) in [7, 11) is 0.962. The summed E-state index contributed by atoms with van der Waals surface area (Å²) < 4.78 is 16.1. The van der Waals surface area contributed by atoms with E-state index in [1.807, 2.05) is 6.07 Å². The van der Waals surface area contributed by atoms with Crippen molar-refractivity contribution in [3.8, 4) is 5.75 Å². The number of ether oxygens (including phenoxy) is 1. The van der Waals surface area contributed by atoms with Crippen molar-refractivity contribution in [2.24, 2.45) is 0 Å². The molecule has 11 heteroatoms. The number of nitrogens with zero attached hydrogens (tertiary/aromatic N) is 3. The van der Waals surface area contributed by atoms with Crippen LogP contribution in [0, 0.1) is 0 Å². The third-order valence-corrected chi connectivity index (χ3v) is 8.58. The molecule has 3 N–H and O–H groups in total. The molecular weight excluding hydrogens is 478 g/mol. The zero-order valence-electron chi connectivity index (χ0n) is 18.4. The molecule has 0 radical (unpaired) electrons. The molecule has 0 spiro atoms. The van der Waals surface area contributed by atoms with Crippen molar-refractivity contribution in [3.63, 3.8) is 0 Å². The maximum atomic E-state index is 10.7. The molecule has 1 aliphatic carbocycles. The molecule has 0 saturated carbocycles. The molecule has 1 amide bonds. The predicted octanol–water partition coefficient (Wildman–Crippen LogP) is 3.40. The van der Waals surface area contributed by atoms with Crippen molar-refractivity contribution in [1.29, 1.82) is 0 Å². The third-order valence-electron chi connectivity index (χ3n) is 5.71. The molecule has 1 fully saturated rings. The molecule has 33 heavy (non-hydrogen) atoms. The quantitative estimate of drug-likeness (QED) is 0.283. The normalized spacial score (nSPS) is 16.0. The zero-order valence-corrected chi connectivity index (χ0v) is 20.9. The molecule has 1 aliphatic heterocycles. The van der Waals surface area contributed by atoms with E-state index in [2.05, 4.69) is 27.9 Å². The molecule has 8 nitrogen and oxygen atoms in total. The molecular formula is C22H27N5O3S3. The number of thiophene rings is 1. The summed E-state index contributed by atoms with van der Waals surface area (Å²) in [5.74, 6) is 2.79. The molecule has 2 aliphatic rings. The lowest BCUT2D eigenvalue weighted by Gasteiger charge is -2.21. The fraction of sp³-hybridized carbons (Fsp3) is 0.409. The monoisotopic (exact) mass is 505 g/mol. The van der Waals surface area contributed by atoms with Gasteiger partial charge in [-0.3, -0.25) is 9.00 Å². The maximum absolute atomic E-state index is 10.7. The highest BCUT2D eigenvalue weighted by molar-refractivity contribution is 7.85. The summed E-state index contributed by atoms with van der Waals surface area (Å²) in [5.41, 5.74) is 8.69. The van der Waals surface area contributed by atoms with Gasteiger partial charge in [0.15, 0.2) is 0 Å². The fourth-order valence-corrected chi connectivity index (χ4v) is 6.42. The van der Waals surface area contributed by atoms with Gasteiger partial charge in [0.05, 0.1) is 18.2 Å². The molecule has 0 atom stereocenters. The summed E-state index contributed by atoms with van der Waals surface area (Å²) in [5, 5.41) is 4.53. The Hall–Kier alpha value is -2.37. The number of aromatic nitrogens is 2. The molecule has 176 valence electrons. The van der Waals surface area contributed by atoms with Crippen LogP contribution in [-0.4, -0.2) is 57.2 Å². The smallest absolute Gasteiger partial charge is 0.209 e. The minimum atomic E-state index is -0.663. The third kappa shape index (κ3) is 5.42. The SMILES string of the molecule is COc1cc(N)c(S)cc1Nc1ncnc2sc3c(c12)CCCC3.O=CN1CCS(=O)CC1. The minimum Gasteiger partial charge on any atom is -0.494 e. The van der Waals surface area contributed by atoms with Gasteiger partial charge in [0.1, 0.15) is 22.7 Å². The van der Waals surface area contributed by atoms with Crippen molar-refractivity contribution in [3.05, 3.63) is 28.9 Å². The number of carbonyl (C=O) groups excluding carboxylic acids is 1. The molecule has 3 heterocycles. The molecule has 2 aromatic heterocycles.